The van der Waals surface area contributed by atoms with E-state index in [1.165, 1.54) is 18.2 Å². The molecular weight excluding hydrogens is 434 g/mol. The molecule has 12 heteroatoms. The fourth-order valence-corrected chi connectivity index (χ4v) is 2.52. The fraction of sp³-hybridized carbons (Fsp3) is 0.250. The summed E-state index contributed by atoms with van der Waals surface area (Å²) in [6.45, 7) is 1.35. The zero-order valence-electron chi connectivity index (χ0n) is 13.9. The molecule has 28 heavy (non-hydrogen) atoms. The van der Waals surface area contributed by atoms with Gasteiger partial charge in [-0.1, -0.05) is 11.6 Å². The van der Waals surface area contributed by atoms with Crippen molar-refractivity contribution in [2.75, 3.05) is 6.61 Å². The first-order chi connectivity index (χ1) is 12.9. The summed E-state index contributed by atoms with van der Waals surface area (Å²) >= 11 is 4.94. The predicted molar refractivity (Wildman–Crippen MR) is 91.4 cm³/mol. The number of pyridine rings is 2. The lowest BCUT2D eigenvalue weighted by molar-refractivity contribution is -0.141. The van der Waals surface area contributed by atoms with Crippen LogP contribution in [0.4, 0.5) is 26.3 Å². The lowest BCUT2D eigenvalue weighted by Gasteiger charge is -2.10. The molecule has 0 spiro atoms. The van der Waals surface area contributed by atoms with Crippen molar-refractivity contribution in [3.8, 4) is 17.5 Å². The Labute approximate surface area is 164 Å². The summed E-state index contributed by atoms with van der Waals surface area (Å²) in [4.78, 5) is 7.16. The first-order valence-electron chi connectivity index (χ1n) is 7.36. The van der Waals surface area contributed by atoms with Crippen LogP contribution in [-0.2, 0) is 6.18 Å². The predicted octanol–water partition coefficient (Wildman–Crippen LogP) is 6.31. The lowest BCUT2D eigenvalue weighted by Crippen LogP contribution is -2.07. The van der Waals surface area contributed by atoms with Gasteiger partial charge in [0, 0.05) is 24.4 Å². The SMILES string of the molecule is Cc1cc(OCC=C(Cl)SC(F)(F)F)nc(Oc2ccnc(C(F)(F)F)c2)c1. The maximum Gasteiger partial charge on any atom is 0.447 e. The Morgan fingerprint density at radius 1 is 1.14 bits per heavy atom. The van der Waals surface area contributed by atoms with E-state index in [-0.39, 0.29) is 24.1 Å². The molecule has 0 aromatic carbocycles. The second-order valence-corrected chi connectivity index (χ2v) is 6.90. The molecule has 0 saturated heterocycles. The van der Waals surface area contributed by atoms with Gasteiger partial charge < -0.3 is 9.47 Å². The molecule has 0 radical (unpaired) electrons. The molecule has 2 rings (SSSR count). The number of thioether (sulfide) groups is 1. The maximum atomic E-state index is 12.7. The Bertz CT molecular complexity index is 858. The minimum absolute atomic E-state index is 0.00201. The van der Waals surface area contributed by atoms with Gasteiger partial charge in [0.05, 0.1) is 4.36 Å². The van der Waals surface area contributed by atoms with Gasteiger partial charge in [-0.2, -0.15) is 31.3 Å². The molecule has 2 heterocycles. The van der Waals surface area contributed by atoms with Crippen LogP contribution in [-0.4, -0.2) is 22.1 Å². The first kappa shape index (κ1) is 22.2. The van der Waals surface area contributed by atoms with Crippen LogP contribution in [0.3, 0.4) is 0 Å². The van der Waals surface area contributed by atoms with Crippen LogP contribution in [0.1, 0.15) is 11.3 Å². The van der Waals surface area contributed by atoms with Gasteiger partial charge in [-0.3, -0.25) is 4.98 Å². The van der Waals surface area contributed by atoms with E-state index in [2.05, 4.69) is 9.97 Å². The van der Waals surface area contributed by atoms with E-state index in [1.54, 1.807) is 6.92 Å². The normalized spacial score (nSPS) is 12.8. The van der Waals surface area contributed by atoms with Crippen molar-refractivity contribution in [3.63, 3.8) is 0 Å². The zero-order chi connectivity index (χ0) is 20.9. The van der Waals surface area contributed by atoms with Crippen molar-refractivity contribution in [2.24, 2.45) is 0 Å². The van der Waals surface area contributed by atoms with E-state index >= 15 is 0 Å². The average molecular weight is 445 g/mol. The van der Waals surface area contributed by atoms with Crippen LogP contribution in [0.5, 0.6) is 17.5 Å². The number of rotatable bonds is 6. The number of ether oxygens (including phenoxy) is 2. The summed E-state index contributed by atoms with van der Waals surface area (Å²) < 4.78 is 84.6. The Kier molecular flexibility index (Phi) is 7.05. The maximum absolute atomic E-state index is 12.7. The first-order valence-corrected chi connectivity index (χ1v) is 8.56. The third-order valence-corrected chi connectivity index (χ3v) is 3.83. The average Bonchev–Trinajstić information content (AvgIpc) is 2.52. The largest absolute Gasteiger partial charge is 0.473 e. The topological polar surface area (TPSA) is 44.2 Å². The van der Waals surface area contributed by atoms with Crippen LogP contribution in [0.2, 0.25) is 0 Å². The number of hydrogen-bond acceptors (Lipinski definition) is 5. The van der Waals surface area contributed by atoms with Crippen LogP contribution in [0.25, 0.3) is 0 Å². The number of halogens is 7. The van der Waals surface area contributed by atoms with Crippen molar-refractivity contribution < 1.29 is 35.8 Å². The molecule has 2 aromatic heterocycles. The molecule has 152 valence electrons. The molecule has 0 N–H and O–H groups in total. The van der Waals surface area contributed by atoms with Gasteiger partial charge in [-0.15, -0.1) is 0 Å². The molecule has 0 unspecified atom stereocenters. The molecule has 0 aliphatic rings. The van der Waals surface area contributed by atoms with Gasteiger partial charge in [0.1, 0.15) is 18.1 Å². The van der Waals surface area contributed by atoms with E-state index < -0.39 is 33.5 Å². The summed E-state index contributed by atoms with van der Waals surface area (Å²) in [5, 5.41) is 0. The summed E-state index contributed by atoms with van der Waals surface area (Å²) in [5.74, 6) is -0.206. The smallest absolute Gasteiger partial charge is 0.447 e. The molecule has 0 aliphatic heterocycles. The summed E-state index contributed by atoms with van der Waals surface area (Å²) in [7, 11) is 0. The van der Waals surface area contributed by atoms with Crippen LogP contribution < -0.4 is 9.47 Å². The van der Waals surface area contributed by atoms with Crippen molar-refractivity contribution >= 4 is 23.4 Å². The van der Waals surface area contributed by atoms with Crippen molar-refractivity contribution in [1.29, 1.82) is 0 Å². The Morgan fingerprint density at radius 2 is 1.82 bits per heavy atom. The van der Waals surface area contributed by atoms with Crippen molar-refractivity contribution in [2.45, 2.75) is 18.6 Å². The highest BCUT2D eigenvalue weighted by Crippen LogP contribution is 2.38. The van der Waals surface area contributed by atoms with E-state index in [0.29, 0.717) is 11.6 Å². The van der Waals surface area contributed by atoms with Crippen LogP contribution >= 0.6 is 23.4 Å². The number of nitrogens with zero attached hydrogens (tertiary/aromatic N) is 2. The molecule has 0 bridgehead atoms. The zero-order valence-corrected chi connectivity index (χ0v) is 15.5. The van der Waals surface area contributed by atoms with E-state index in [4.69, 9.17) is 21.1 Å². The summed E-state index contributed by atoms with van der Waals surface area (Å²) in [5.41, 5.74) is -5.04. The summed E-state index contributed by atoms with van der Waals surface area (Å²) in [6, 6.07) is 4.85. The third kappa shape index (κ3) is 7.47. The second-order valence-electron chi connectivity index (χ2n) is 5.16. The quantitative estimate of drug-likeness (QED) is 0.489. The molecule has 0 atom stereocenters. The molecule has 0 fully saturated rings. The second kappa shape index (κ2) is 8.91. The molecule has 0 saturated carbocycles. The van der Waals surface area contributed by atoms with Crippen molar-refractivity contribution in [1.82, 2.24) is 9.97 Å². The highest BCUT2D eigenvalue weighted by atomic mass is 35.5. The van der Waals surface area contributed by atoms with Gasteiger partial charge in [0.15, 0.2) is 0 Å². The number of hydrogen-bond donors (Lipinski definition) is 0. The minimum Gasteiger partial charge on any atom is -0.473 e. The Hall–Kier alpha value is -2.14. The van der Waals surface area contributed by atoms with Gasteiger partial charge >= 0.3 is 11.7 Å². The minimum atomic E-state index is -4.63. The van der Waals surface area contributed by atoms with Crippen LogP contribution in [0.15, 0.2) is 40.9 Å². The van der Waals surface area contributed by atoms with Gasteiger partial charge in [0.2, 0.25) is 11.8 Å². The monoisotopic (exact) mass is 444 g/mol. The Morgan fingerprint density at radius 3 is 2.46 bits per heavy atom. The van der Waals surface area contributed by atoms with E-state index in [0.717, 1.165) is 12.3 Å². The van der Waals surface area contributed by atoms with Crippen molar-refractivity contribution in [3.05, 3.63) is 52.2 Å². The van der Waals surface area contributed by atoms with Gasteiger partial charge in [-0.25, -0.2) is 0 Å². The molecule has 2 aromatic rings. The van der Waals surface area contributed by atoms with Gasteiger partial charge in [-0.05, 0) is 36.4 Å². The fourth-order valence-electron chi connectivity index (χ4n) is 1.83. The highest BCUT2D eigenvalue weighted by molar-refractivity contribution is 8.05. The molecule has 0 amide bonds. The van der Waals surface area contributed by atoms with E-state index in [1.807, 2.05) is 0 Å². The molecular formula is C16H11ClF6N2O2S. The van der Waals surface area contributed by atoms with Crippen LogP contribution in [0, 0.1) is 6.92 Å². The molecule has 4 nitrogen and oxygen atoms in total. The highest BCUT2D eigenvalue weighted by Gasteiger charge is 2.32. The van der Waals surface area contributed by atoms with E-state index in [9.17, 15) is 26.3 Å². The summed E-state index contributed by atoms with van der Waals surface area (Å²) in [6.07, 6.45) is -2.69. The molecule has 0 aliphatic carbocycles. The van der Waals surface area contributed by atoms with Gasteiger partial charge in [0.25, 0.3) is 0 Å². The lowest BCUT2D eigenvalue weighted by atomic mass is 10.3. The number of aromatic nitrogens is 2. The standard InChI is InChI=1S/C16H11ClF6N2O2S/c1-9-6-13(26-5-3-12(17)28-16(21,22)23)25-14(7-9)27-10-2-4-24-11(8-10)15(18,19)20/h2-4,6-8H,5H2,1H3. The number of aryl methyl sites for hydroxylation is 1. The number of alkyl halides is 6. The third-order valence-electron chi connectivity index (χ3n) is 2.86. The Balaban J connectivity index is 2.08.